The Balaban J connectivity index is 2.46. The lowest BCUT2D eigenvalue weighted by atomic mass is 9.71. The number of hydrogen-bond donors (Lipinski definition) is 1. The van der Waals surface area contributed by atoms with Crippen molar-refractivity contribution in [2.75, 3.05) is 13.1 Å². The zero-order valence-corrected chi connectivity index (χ0v) is 10.7. The van der Waals surface area contributed by atoms with Crippen LogP contribution in [0.3, 0.4) is 0 Å². The van der Waals surface area contributed by atoms with E-state index in [4.69, 9.17) is 0 Å². The van der Waals surface area contributed by atoms with Crippen molar-refractivity contribution in [2.45, 2.75) is 46.0 Å². The van der Waals surface area contributed by atoms with Crippen LogP contribution in [0.4, 0.5) is 0 Å². The van der Waals surface area contributed by atoms with E-state index >= 15 is 0 Å². The minimum atomic E-state index is -0.158. The van der Waals surface area contributed by atoms with Gasteiger partial charge in [0.05, 0.1) is 0 Å². The number of allylic oxidation sites excluding steroid dienone is 1. The van der Waals surface area contributed by atoms with Gasteiger partial charge in [0, 0.05) is 11.8 Å². The molecule has 2 nitrogen and oxygen atoms in total. The predicted octanol–water partition coefficient (Wildman–Crippen LogP) is 2.94. The van der Waals surface area contributed by atoms with E-state index in [0.29, 0.717) is 18.1 Å². The van der Waals surface area contributed by atoms with Crippen molar-refractivity contribution in [1.29, 1.82) is 0 Å². The minimum Gasteiger partial charge on any atom is -0.316 e. The van der Waals surface area contributed by atoms with Crippen molar-refractivity contribution in [3.8, 4) is 0 Å². The Hall–Kier alpha value is -0.630. The lowest BCUT2D eigenvalue weighted by Gasteiger charge is -2.36. The van der Waals surface area contributed by atoms with Gasteiger partial charge in [-0.2, -0.15) is 0 Å². The van der Waals surface area contributed by atoms with Crippen LogP contribution < -0.4 is 5.32 Å². The van der Waals surface area contributed by atoms with Crippen LogP contribution in [0.25, 0.3) is 0 Å². The van der Waals surface area contributed by atoms with Crippen LogP contribution >= 0.6 is 0 Å². The van der Waals surface area contributed by atoms with E-state index in [1.54, 1.807) is 0 Å². The summed E-state index contributed by atoms with van der Waals surface area (Å²) in [4.78, 5) is 12.2. The van der Waals surface area contributed by atoms with E-state index < -0.39 is 0 Å². The molecule has 1 aliphatic heterocycles. The molecule has 2 heteroatoms. The Morgan fingerprint density at radius 3 is 2.88 bits per heavy atom. The number of rotatable bonds is 6. The van der Waals surface area contributed by atoms with Gasteiger partial charge in [0.15, 0.2) is 0 Å². The Labute approximate surface area is 99.5 Å². The van der Waals surface area contributed by atoms with Crippen molar-refractivity contribution in [2.24, 2.45) is 11.3 Å². The van der Waals surface area contributed by atoms with Gasteiger partial charge in [0.1, 0.15) is 5.78 Å². The standard InChI is InChI=1S/C14H25NO/c1-4-5-6-9-13(16)14(2,3)12-8-7-10-15-11-12/h4,12,15H,1,5-11H2,2-3H3. The molecule has 0 aromatic carbocycles. The van der Waals surface area contributed by atoms with E-state index in [-0.39, 0.29) is 5.41 Å². The molecule has 0 aliphatic carbocycles. The maximum absolute atomic E-state index is 12.2. The van der Waals surface area contributed by atoms with Gasteiger partial charge in [-0.15, -0.1) is 6.58 Å². The molecule has 0 radical (unpaired) electrons. The highest BCUT2D eigenvalue weighted by molar-refractivity contribution is 5.84. The quantitative estimate of drug-likeness (QED) is 0.554. The van der Waals surface area contributed by atoms with Crippen molar-refractivity contribution in [3.63, 3.8) is 0 Å². The van der Waals surface area contributed by atoms with Crippen LogP contribution in [-0.4, -0.2) is 18.9 Å². The van der Waals surface area contributed by atoms with Gasteiger partial charge in [0.25, 0.3) is 0 Å². The molecule has 1 atom stereocenters. The lowest BCUT2D eigenvalue weighted by Crippen LogP contribution is -2.42. The topological polar surface area (TPSA) is 29.1 Å². The molecule has 1 rings (SSSR count). The first kappa shape index (κ1) is 13.4. The highest BCUT2D eigenvalue weighted by Crippen LogP contribution is 2.34. The monoisotopic (exact) mass is 223 g/mol. The number of nitrogens with one attached hydrogen (secondary N) is 1. The zero-order chi connectivity index (χ0) is 12.0. The minimum absolute atomic E-state index is 0.158. The maximum Gasteiger partial charge on any atom is 0.138 e. The Morgan fingerprint density at radius 2 is 2.31 bits per heavy atom. The molecule has 1 aliphatic rings. The largest absolute Gasteiger partial charge is 0.316 e. The molecular formula is C14H25NO. The highest BCUT2D eigenvalue weighted by Gasteiger charge is 2.36. The smallest absolute Gasteiger partial charge is 0.138 e. The summed E-state index contributed by atoms with van der Waals surface area (Å²) in [5.41, 5.74) is -0.158. The first-order valence-electron chi connectivity index (χ1n) is 6.44. The molecule has 1 unspecified atom stereocenters. The van der Waals surface area contributed by atoms with Gasteiger partial charge in [-0.1, -0.05) is 19.9 Å². The third kappa shape index (κ3) is 3.44. The maximum atomic E-state index is 12.2. The van der Waals surface area contributed by atoms with E-state index in [2.05, 4.69) is 25.7 Å². The summed E-state index contributed by atoms with van der Waals surface area (Å²) in [6, 6.07) is 0. The number of Topliss-reactive ketones (excluding diaryl/α,β-unsaturated/α-hetero) is 1. The number of hydrogen-bond acceptors (Lipinski definition) is 2. The summed E-state index contributed by atoms with van der Waals surface area (Å²) in [7, 11) is 0. The number of carbonyl (C=O) groups excluding carboxylic acids is 1. The van der Waals surface area contributed by atoms with Crippen LogP contribution in [0.2, 0.25) is 0 Å². The Kier molecular flexibility index (Phi) is 5.20. The summed E-state index contributed by atoms with van der Waals surface area (Å²) in [6.45, 7) is 10.0. The van der Waals surface area contributed by atoms with Gasteiger partial charge < -0.3 is 5.32 Å². The molecule has 1 saturated heterocycles. The summed E-state index contributed by atoms with van der Waals surface area (Å²) >= 11 is 0. The molecule has 1 heterocycles. The third-order valence-electron chi connectivity index (χ3n) is 3.85. The average Bonchev–Trinajstić information content (AvgIpc) is 2.30. The van der Waals surface area contributed by atoms with Crippen LogP contribution in [0.1, 0.15) is 46.0 Å². The molecule has 0 bridgehead atoms. The molecule has 1 fully saturated rings. The second-order valence-electron chi connectivity index (χ2n) is 5.37. The zero-order valence-electron chi connectivity index (χ0n) is 10.7. The molecule has 1 N–H and O–H groups in total. The molecular weight excluding hydrogens is 198 g/mol. The normalized spacial score (nSPS) is 21.8. The van der Waals surface area contributed by atoms with Crippen LogP contribution in [0.15, 0.2) is 12.7 Å². The predicted molar refractivity (Wildman–Crippen MR) is 68.4 cm³/mol. The highest BCUT2D eigenvalue weighted by atomic mass is 16.1. The Morgan fingerprint density at radius 1 is 1.56 bits per heavy atom. The van der Waals surface area contributed by atoms with E-state index in [1.807, 2.05) is 6.08 Å². The molecule has 0 aromatic heterocycles. The van der Waals surface area contributed by atoms with Gasteiger partial charge >= 0.3 is 0 Å². The average molecular weight is 223 g/mol. The fraction of sp³-hybridized carbons (Fsp3) is 0.786. The number of piperidine rings is 1. The first-order valence-corrected chi connectivity index (χ1v) is 6.44. The molecule has 0 spiro atoms. The number of unbranched alkanes of at least 4 members (excludes halogenated alkanes) is 1. The molecule has 16 heavy (non-hydrogen) atoms. The summed E-state index contributed by atoms with van der Waals surface area (Å²) in [5, 5.41) is 3.39. The fourth-order valence-electron chi connectivity index (χ4n) is 2.42. The lowest BCUT2D eigenvalue weighted by molar-refractivity contribution is -0.130. The number of ketones is 1. The van der Waals surface area contributed by atoms with Crippen LogP contribution in [0, 0.1) is 11.3 Å². The van der Waals surface area contributed by atoms with E-state index in [9.17, 15) is 4.79 Å². The van der Waals surface area contributed by atoms with Crippen molar-refractivity contribution < 1.29 is 4.79 Å². The molecule has 0 saturated carbocycles. The van der Waals surface area contributed by atoms with Crippen molar-refractivity contribution in [3.05, 3.63) is 12.7 Å². The Bertz CT molecular complexity index is 239. The SMILES string of the molecule is C=CCCCC(=O)C(C)(C)C1CCCNC1. The summed E-state index contributed by atoms with van der Waals surface area (Å²) in [6.07, 6.45) is 6.88. The van der Waals surface area contributed by atoms with E-state index in [0.717, 1.165) is 25.9 Å². The van der Waals surface area contributed by atoms with Crippen molar-refractivity contribution >= 4 is 5.78 Å². The van der Waals surface area contributed by atoms with Gasteiger partial charge in [-0.25, -0.2) is 0 Å². The van der Waals surface area contributed by atoms with Crippen molar-refractivity contribution in [1.82, 2.24) is 5.32 Å². The summed E-state index contributed by atoms with van der Waals surface area (Å²) in [5.74, 6) is 0.931. The van der Waals surface area contributed by atoms with Gasteiger partial charge in [-0.3, -0.25) is 4.79 Å². The summed E-state index contributed by atoms with van der Waals surface area (Å²) < 4.78 is 0. The van der Waals surface area contributed by atoms with E-state index in [1.165, 1.54) is 12.8 Å². The second kappa shape index (κ2) is 6.19. The molecule has 0 aromatic rings. The van der Waals surface area contributed by atoms with Gasteiger partial charge in [0.2, 0.25) is 0 Å². The molecule has 92 valence electrons. The molecule has 0 amide bonds. The van der Waals surface area contributed by atoms with Crippen LogP contribution in [0.5, 0.6) is 0 Å². The third-order valence-corrected chi connectivity index (χ3v) is 3.85. The second-order valence-corrected chi connectivity index (χ2v) is 5.37. The first-order chi connectivity index (χ1) is 7.59. The van der Waals surface area contributed by atoms with Gasteiger partial charge in [-0.05, 0) is 44.7 Å². The van der Waals surface area contributed by atoms with Crippen LogP contribution in [-0.2, 0) is 4.79 Å². The number of carbonyl (C=O) groups is 1. The fourth-order valence-corrected chi connectivity index (χ4v) is 2.42.